The van der Waals surface area contributed by atoms with Crippen molar-refractivity contribution in [3.05, 3.63) is 29.3 Å². The topological polar surface area (TPSA) is 70.7 Å². The van der Waals surface area contributed by atoms with Gasteiger partial charge in [0.1, 0.15) is 0 Å². The molecular weight excluding hydrogens is 318 g/mol. The Hall–Kier alpha value is -1.92. The van der Waals surface area contributed by atoms with Gasteiger partial charge in [-0.25, -0.2) is 0 Å². The average molecular weight is 345 g/mol. The molecule has 0 aromatic heterocycles. The van der Waals surface area contributed by atoms with E-state index in [-0.39, 0.29) is 6.04 Å². The molecule has 0 bridgehead atoms. The van der Waals surface area contributed by atoms with Crippen molar-refractivity contribution in [2.75, 3.05) is 38.7 Å². The van der Waals surface area contributed by atoms with E-state index in [1.807, 2.05) is 18.2 Å². The number of fused-ring (bicyclic) bond motifs is 1. The largest absolute Gasteiger partial charge is 0.383 e. The third-order valence-electron chi connectivity index (χ3n) is 5.01. The summed E-state index contributed by atoms with van der Waals surface area (Å²) in [4.78, 5) is 26.6. The van der Waals surface area contributed by atoms with Gasteiger partial charge in [0.25, 0.3) is 0 Å². The van der Waals surface area contributed by atoms with Crippen LogP contribution in [0.3, 0.4) is 0 Å². The molecule has 25 heavy (non-hydrogen) atoms. The summed E-state index contributed by atoms with van der Waals surface area (Å²) in [6.45, 7) is 3.31. The molecular formula is C19H27N3O3. The lowest BCUT2D eigenvalue weighted by Crippen LogP contribution is -2.50. The monoisotopic (exact) mass is 345 g/mol. The highest BCUT2D eigenvalue weighted by Gasteiger charge is 2.24. The summed E-state index contributed by atoms with van der Waals surface area (Å²) < 4.78 is 5.10. The minimum absolute atomic E-state index is 0.0175. The smallest absolute Gasteiger partial charge is 0.313 e. The van der Waals surface area contributed by atoms with Crippen molar-refractivity contribution in [3.63, 3.8) is 0 Å². The molecule has 2 amide bonds. The highest BCUT2D eigenvalue weighted by molar-refractivity contribution is 6.39. The second kappa shape index (κ2) is 8.45. The minimum atomic E-state index is -0.591. The Morgan fingerprint density at radius 1 is 1.20 bits per heavy atom. The van der Waals surface area contributed by atoms with Gasteiger partial charge >= 0.3 is 11.8 Å². The predicted molar refractivity (Wildman–Crippen MR) is 96.6 cm³/mol. The number of methoxy groups -OCH3 is 1. The lowest BCUT2D eigenvalue weighted by molar-refractivity contribution is -0.136. The summed E-state index contributed by atoms with van der Waals surface area (Å²) in [7, 11) is 1.69. The molecule has 1 aliphatic heterocycles. The number of hydrogen-bond donors (Lipinski definition) is 2. The molecule has 2 aliphatic rings. The molecule has 1 aliphatic carbocycles. The molecule has 6 heteroatoms. The second-order valence-electron chi connectivity index (χ2n) is 6.90. The number of nitrogens with one attached hydrogen (secondary N) is 2. The number of hydrogen-bond acceptors (Lipinski definition) is 4. The Balaban J connectivity index is 1.49. The first-order chi connectivity index (χ1) is 12.2. The predicted octanol–water partition coefficient (Wildman–Crippen LogP) is 1.34. The van der Waals surface area contributed by atoms with Crippen molar-refractivity contribution >= 4 is 17.5 Å². The van der Waals surface area contributed by atoms with Crippen LogP contribution in [-0.2, 0) is 27.2 Å². The van der Waals surface area contributed by atoms with E-state index in [1.54, 1.807) is 7.11 Å². The minimum Gasteiger partial charge on any atom is -0.383 e. The SMILES string of the molecule is COCCN1CCCC(NC(=O)C(=O)Nc2ccc3c(c2)CCC3)C1. The van der Waals surface area contributed by atoms with Crippen LogP contribution in [0.1, 0.15) is 30.4 Å². The fourth-order valence-electron chi connectivity index (χ4n) is 3.69. The number of likely N-dealkylation sites (tertiary alicyclic amines) is 1. The molecule has 6 nitrogen and oxygen atoms in total. The van der Waals surface area contributed by atoms with Gasteiger partial charge in [-0.3, -0.25) is 14.5 Å². The highest BCUT2D eigenvalue weighted by atomic mass is 16.5. The number of rotatable bonds is 5. The van der Waals surface area contributed by atoms with Crippen LogP contribution >= 0.6 is 0 Å². The number of aryl methyl sites for hydroxylation is 2. The molecule has 1 atom stereocenters. The van der Waals surface area contributed by atoms with Crippen molar-refractivity contribution in [2.45, 2.75) is 38.1 Å². The highest BCUT2D eigenvalue weighted by Crippen LogP contribution is 2.24. The molecule has 1 fully saturated rings. The quantitative estimate of drug-likeness (QED) is 0.790. The van der Waals surface area contributed by atoms with Gasteiger partial charge in [0.05, 0.1) is 6.61 Å². The Morgan fingerprint density at radius 3 is 2.88 bits per heavy atom. The number of anilines is 1. The first-order valence-electron chi connectivity index (χ1n) is 9.10. The summed E-state index contributed by atoms with van der Waals surface area (Å²) in [5, 5.41) is 5.59. The first-order valence-corrected chi connectivity index (χ1v) is 9.10. The van der Waals surface area contributed by atoms with Crippen molar-refractivity contribution in [1.82, 2.24) is 10.2 Å². The van der Waals surface area contributed by atoms with E-state index in [2.05, 4.69) is 15.5 Å². The number of ether oxygens (including phenoxy) is 1. The van der Waals surface area contributed by atoms with Gasteiger partial charge in [-0.15, -0.1) is 0 Å². The van der Waals surface area contributed by atoms with Gasteiger partial charge in [-0.05, 0) is 61.9 Å². The number of piperidine rings is 1. The van der Waals surface area contributed by atoms with E-state index in [0.29, 0.717) is 12.3 Å². The van der Waals surface area contributed by atoms with Crippen LogP contribution in [0, 0.1) is 0 Å². The summed E-state index contributed by atoms with van der Waals surface area (Å²) in [5.41, 5.74) is 3.33. The van der Waals surface area contributed by atoms with Crippen LogP contribution in [0.4, 0.5) is 5.69 Å². The zero-order valence-electron chi connectivity index (χ0n) is 14.8. The van der Waals surface area contributed by atoms with E-state index < -0.39 is 11.8 Å². The Kier molecular flexibility index (Phi) is 6.04. The molecule has 3 rings (SSSR count). The lowest BCUT2D eigenvalue weighted by atomic mass is 10.1. The van der Waals surface area contributed by atoms with Crippen molar-refractivity contribution in [1.29, 1.82) is 0 Å². The molecule has 1 aromatic carbocycles. The molecule has 136 valence electrons. The fourth-order valence-corrected chi connectivity index (χ4v) is 3.69. The summed E-state index contributed by atoms with van der Waals surface area (Å²) in [6, 6.07) is 5.93. The van der Waals surface area contributed by atoms with Crippen molar-refractivity contribution in [2.24, 2.45) is 0 Å². The molecule has 1 saturated heterocycles. The molecule has 0 saturated carbocycles. The molecule has 0 radical (unpaired) electrons. The van der Waals surface area contributed by atoms with Gasteiger partial charge in [0.15, 0.2) is 0 Å². The van der Waals surface area contributed by atoms with Crippen LogP contribution < -0.4 is 10.6 Å². The van der Waals surface area contributed by atoms with Crippen molar-refractivity contribution < 1.29 is 14.3 Å². The third kappa shape index (κ3) is 4.80. The summed E-state index contributed by atoms with van der Waals surface area (Å²) in [5.74, 6) is -1.15. The Labute approximate surface area is 148 Å². The standard InChI is InChI=1S/C19H27N3O3/c1-25-11-10-22-9-3-6-17(13-22)21-19(24)18(23)20-16-8-7-14-4-2-5-15(14)12-16/h7-8,12,17H,2-6,9-11,13H2,1H3,(H,20,23)(H,21,24). The lowest BCUT2D eigenvalue weighted by Gasteiger charge is -2.32. The van der Waals surface area contributed by atoms with E-state index >= 15 is 0 Å². The maximum absolute atomic E-state index is 12.2. The zero-order valence-corrected chi connectivity index (χ0v) is 14.8. The zero-order chi connectivity index (χ0) is 17.6. The first kappa shape index (κ1) is 17.9. The van der Waals surface area contributed by atoms with Crippen molar-refractivity contribution in [3.8, 4) is 0 Å². The van der Waals surface area contributed by atoms with E-state index in [4.69, 9.17) is 4.74 Å². The molecule has 1 unspecified atom stereocenters. The average Bonchev–Trinajstić information content (AvgIpc) is 3.08. The van der Waals surface area contributed by atoms with Crippen LogP contribution in [0.25, 0.3) is 0 Å². The van der Waals surface area contributed by atoms with Gasteiger partial charge in [0.2, 0.25) is 0 Å². The van der Waals surface area contributed by atoms with Gasteiger partial charge in [-0.1, -0.05) is 6.07 Å². The Bertz CT molecular complexity index is 632. The van der Waals surface area contributed by atoms with Gasteiger partial charge in [0, 0.05) is 31.9 Å². The fraction of sp³-hybridized carbons (Fsp3) is 0.579. The number of benzene rings is 1. The van der Waals surface area contributed by atoms with Crippen LogP contribution in [0.15, 0.2) is 18.2 Å². The van der Waals surface area contributed by atoms with E-state index in [1.165, 1.54) is 11.1 Å². The molecule has 1 heterocycles. The van der Waals surface area contributed by atoms with Gasteiger partial charge < -0.3 is 15.4 Å². The molecule has 2 N–H and O–H groups in total. The second-order valence-corrected chi connectivity index (χ2v) is 6.90. The third-order valence-corrected chi connectivity index (χ3v) is 5.01. The molecule has 0 spiro atoms. The summed E-state index contributed by atoms with van der Waals surface area (Å²) in [6.07, 6.45) is 5.23. The Morgan fingerprint density at radius 2 is 2.04 bits per heavy atom. The molecule has 1 aromatic rings. The van der Waals surface area contributed by atoms with Crippen LogP contribution in [0.5, 0.6) is 0 Å². The summed E-state index contributed by atoms with van der Waals surface area (Å²) >= 11 is 0. The number of carbonyl (C=O) groups is 2. The number of nitrogens with zero attached hydrogens (tertiary/aromatic N) is 1. The normalized spacial score (nSPS) is 20.1. The maximum atomic E-state index is 12.2. The number of carbonyl (C=O) groups excluding carboxylic acids is 2. The van der Waals surface area contributed by atoms with Crippen LogP contribution in [-0.4, -0.2) is 56.1 Å². The number of amides is 2. The van der Waals surface area contributed by atoms with Gasteiger partial charge in [-0.2, -0.15) is 0 Å². The van der Waals surface area contributed by atoms with E-state index in [0.717, 1.165) is 51.7 Å². The maximum Gasteiger partial charge on any atom is 0.313 e. The van der Waals surface area contributed by atoms with E-state index in [9.17, 15) is 9.59 Å². The van der Waals surface area contributed by atoms with Crippen LogP contribution in [0.2, 0.25) is 0 Å².